The molecule has 0 heterocycles. The van der Waals surface area contributed by atoms with E-state index in [1.807, 2.05) is 0 Å². The molecule has 0 aliphatic rings. The molecule has 1 unspecified atom stereocenters. The van der Waals surface area contributed by atoms with Gasteiger partial charge < -0.3 is 14.6 Å². The minimum Gasteiger partial charge on any atom is -0.493 e. The van der Waals surface area contributed by atoms with Gasteiger partial charge in [-0.05, 0) is 24.1 Å². The molecule has 1 atom stereocenters. The first kappa shape index (κ1) is 14.7. The molecule has 0 saturated carbocycles. The number of methoxy groups -OCH3 is 2. The van der Waals surface area contributed by atoms with Crippen LogP contribution in [0.15, 0.2) is 18.2 Å². The lowest BCUT2D eigenvalue weighted by Crippen LogP contribution is -2.26. The summed E-state index contributed by atoms with van der Waals surface area (Å²) in [6.45, 7) is -0.646. The van der Waals surface area contributed by atoms with Crippen LogP contribution in [0, 0.1) is 0 Å². The van der Waals surface area contributed by atoms with Gasteiger partial charge in [0.2, 0.25) is 0 Å². The second-order valence-corrected chi connectivity index (χ2v) is 5.41. The number of hydrogen-bond acceptors (Lipinski definition) is 5. The van der Waals surface area contributed by atoms with E-state index in [1.165, 1.54) is 14.2 Å². The first-order chi connectivity index (χ1) is 8.42. The zero-order valence-corrected chi connectivity index (χ0v) is 11.0. The summed E-state index contributed by atoms with van der Waals surface area (Å²) in [6, 6.07) is 4.88. The molecule has 1 aromatic rings. The first-order valence-corrected chi connectivity index (χ1v) is 6.70. The minimum atomic E-state index is -4.27. The molecular weight excluding hydrogens is 260 g/mol. The fourth-order valence-electron chi connectivity index (χ4n) is 1.53. The number of aliphatic hydroxyl groups excluding tert-OH is 1. The highest BCUT2D eigenvalue weighted by atomic mass is 32.2. The Hall–Kier alpha value is -1.31. The maximum Gasteiger partial charge on any atom is 0.270 e. The third-order valence-electron chi connectivity index (χ3n) is 2.54. The van der Waals surface area contributed by atoms with Crippen LogP contribution in [0.25, 0.3) is 0 Å². The fraction of sp³-hybridized carbons (Fsp3) is 0.455. The molecule has 7 heteroatoms. The average molecular weight is 276 g/mol. The van der Waals surface area contributed by atoms with Crippen molar-refractivity contribution in [1.29, 1.82) is 0 Å². The largest absolute Gasteiger partial charge is 0.493 e. The van der Waals surface area contributed by atoms with E-state index in [0.717, 1.165) is 0 Å². The first-order valence-electron chi connectivity index (χ1n) is 5.20. The van der Waals surface area contributed by atoms with E-state index in [1.54, 1.807) is 18.2 Å². The molecule has 0 fully saturated rings. The van der Waals surface area contributed by atoms with Gasteiger partial charge in [-0.25, -0.2) is 0 Å². The molecule has 0 spiro atoms. The number of rotatable bonds is 6. The van der Waals surface area contributed by atoms with Gasteiger partial charge in [0.1, 0.15) is 5.25 Å². The Labute approximate surface area is 106 Å². The number of ether oxygens (including phenoxy) is 2. The molecule has 1 rings (SSSR count). The van der Waals surface area contributed by atoms with Gasteiger partial charge in [-0.3, -0.25) is 4.55 Å². The van der Waals surface area contributed by atoms with Crippen molar-refractivity contribution >= 4 is 10.1 Å². The van der Waals surface area contributed by atoms with Gasteiger partial charge in [0.05, 0.1) is 20.8 Å². The molecule has 18 heavy (non-hydrogen) atoms. The average Bonchev–Trinajstić information content (AvgIpc) is 2.34. The standard InChI is InChI=1S/C11H16O6S/c1-16-10-4-3-8(6-11(10)17-2)5-9(7-12)18(13,14)15/h3-4,6,9,12H,5,7H2,1-2H3,(H,13,14,15). The van der Waals surface area contributed by atoms with E-state index in [2.05, 4.69) is 0 Å². The molecule has 0 aliphatic heterocycles. The Kier molecular flexibility index (Phi) is 4.94. The van der Waals surface area contributed by atoms with Crippen LogP contribution in [0.2, 0.25) is 0 Å². The topological polar surface area (TPSA) is 93.1 Å². The van der Waals surface area contributed by atoms with Crippen molar-refractivity contribution in [1.82, 2.24) is 0 Å². The molecule has 0 saturated heterocycles. The maximum absolute atomic E-state index is 11.0. The molecular formula is C11H16O6S. The highest BCUT2D eigenvalue weighted by Gasteiger charge is 2.22. The van der Waals surface area contributed by atoms with Gasteiger partial charge in [0.15, 0.2) is 11.5 Å². The van der Waals surface area contributed by atoms with Crippen LogP contribution >= 0.6 is 0 Å². The van der Waals surface area contributed by atoms with Crippen molar-refractivity contribution in [3.63, 3.8) is 0 Å². The number of benzene rings is 1. The summed E-state index contributed by atoms with van der Waals surface area (Å²) in [5.74, 6) is 0.982. The number of aliphatic hydroxyl groups is 1. The van der Waals surface area contributed by atoms with Gasteiger partial charge >= 0.3 is 0 Å². The van der Waals surface area contributed by atoms with E-state index >= 15 is 0 Å². The van der Waals surface area contributed by atoms with E-state index in [9.17, 15) is 8.42 Å². The summed E-state index contributed by atoms with van der Waals surface area (Å²) >= 11 is 0. The van der Waals surface area contributed by atoms with E-state index in [-0.39, 0.29) is 6.42 Å². The second-order valence-electron chi connectivity index (χ2n) is 3.71. The van der Waals surface area contributed by atoms with Crippen molar-refractivity contribution in [2.75, 3.05) is 20.8 Å². The van der Waals surface area contributed by atoms with Gasteiger partial charge in [-0.1, -0.05) is 6.07 Å². The highest BCUT2D eigenvalue weighted by Crippen LogP contribution is 2.28. The lowest BCUT2D eigenvalue weighted by Gasteiger charge is -2.13. The van der Waals surface area contributed by atoms with E-state index in [4.69, 9.17) is 19.1 Å². The molecule has 6 nitrogen and oxygen atoms in total. The van der Waals surface area contributed by atoms with Gasteiger partial charge in [0.25, 0.3) is 10.1 Å². The fourth-order valence-corrected chi connectivity index (χ4v) is 2.13. The molecule has 0 amide bonds. The lowest BCUT2D eigenvalue weighted by atomic mass is 10.1. The molecule has 2 N–H and O–H groups in total. The van der Waals surface area contributed by atoms with Gasteiger partial charge in [-0.2, -0.15) is 8.42 Å². The Morgan fingerprint density at radius 2 is 1.83 bits per heavy atom. The van der Waals surface area contributed by atoms with Gasteiger partial charge in [-0.15, -0.1) is 0 Å². The van der Waals surface area contributed by atoms with Crippen LogP contribution in [-0.2, 0) is 16.5 Å². The summed E-state index contributed by atoms with van der Waals surface area (Å²) < 4.78 is 41.0. The zero-order valence-electron chi connectivity index (χ0n) is 10.2. The Morgan fingerprint density at radius 3 is 2.28 bits per heavy atom. The quantitative estimate of drug-likeness (QED) is 0.735. The smallest absolute Gasteiger partial charge is 0.270 e. The summed E-state index contributed by atoms with van der Waals surface area (Å²) in [5.41, 5.74) is 0.615. The second kappa shape index (κ2) is 6.03. The molecule has 0 aliphatic carbocycles. The zero-order chi connectivity index (χ0) is 13.8. The summed E-state index contributed by atoms with van der Waals surface area (Å²) in [4.78, 5) is 0. The molecule has 0 radical (unpaired) electrons. The van der Waals surface area contributed by atoms with Crippen LogP contribution in [-0.4, -0.2) is 44.2 Å². The summed E-state index contributed by atoms with van der Waals surface area (Å²) in [7, 11) is -1.31. The van der Waals surface area contributed by atoms with E-state index < -0.39 is 22.0 Å². The monoisotopic (exact) mass is 276 g/mol. The summed E-state index contributed by atoms with van der Waals surface area (Å²) in [6.07, 6.45) is -0.00428. The highest BCUT2D eigenvalue weighted by molar-refractivity contribution is 7.86. The predicted molar refractivity (Wildman–Crippen MR) is 65.7 cm³/mol. The molecule has 0 aromatic heterocycles. The molecule has 1 aromatic carbocycles. The Morgan fingerprint density at radius 1 is 1.22 bits per heavy atom. The van der Waals surface area contributed by atoms with Crippen molar-refractivity contribution in [3.05, 3.63) is 23.8 Å². The van der Waals surface area contributed by atoms with Crippen LogP contribution in [0.4, 0.5) is 0 Å². The van der Waals surface area contributed by atoms with Crippen molar-refractivity contribution in [2.24, 2.45) is 0 Å². The molecule has 102 valence electrons. The minimum absolute atomic E-state index is 0.00428. The normalized spacial score (nSPS) is 13.1. The third kappa shape index (κ3) is 3.59. The SMILES string of the molecule is COc1ccc(CC(CO)S(=O)(=O)O)cc1OC. The van der Waals surface area contributed by atoms with E-state index in [0.29, 0.717) is 17.1 Å². The predicted octanol–water partition coefficient (Wildman–Crippen LogP) is 0.495. The van der Waals surface area contributed by atoms with Crippen LogP contribution in [0.5, 0.6) is 11.5 Å². The Balaban J connectivity index is 2.98. The van der Waals surface area contributed by atoms with Crippen LogP contribution in [0.3, 0.4) is 0 Å². The van der Waals surface area contributed by atoms with Gasteiger partial charge in [0, 0.05) is 0 Å². The lowest BCUT2D eigenvalue weighted by molar-refractivity contribution is 0.282. The third-order valence-corrected chi connectivity index (χ3v) is 3.69. The van der Waals surface area contributed by atoms with Crippen molar-refractivity contribution in [2.45, 2.75) is 11.7 Å². The van der Waals surface area contributed by atoms with Crippen molar-refractivity contribution in [3.8, 4) is 11.5 Å². The molecule has 0 bridgehead atoms. The maximum atomic E-state index is 11.0. The van der Waals surface area contributed by atoms with Crippen LogP contribution < -0.4 is 9.47 Å². The summed E-state index contributed by atoms with van der Waals surface area (Å²) in [5, 5.41) is 7.71. The Bertz CT molecular complexity index is 496. The van der Waals surface area contributed by atoms with Crippen LogP contribution in [0.1, 0.15) is 5.56 Å². The van der Waals surface area contributed by atoms with Crippen molar-refractivity contribution < 1.29 is 27.6 Å². The number of hydrogen-bond donors (Lipinski definition) is 2.